The second kappa shape index (κ2) is 3.40. The van der Waals surface area contributed by atoms with Crippen LogP contribution in [0, 0.1) is 0 Å². The van der Waals surface area contributed by atoms with Gasteiger partial charge in [0.25, 0.3) is 0 Å². The van der Waals surface area contributed by atoms with Gasteiger partial charge >= 0.3 is 0 Å². The molecule has 0 amide bonds. The molecule has 0 unspecified atom stereocenters. The molecule has 3 heteroatoms. The molecular formula is C6H15ClN2. The molecule has 0 aromatic heterocycles. The summed E-state index contributed by atoms with van der Waals surface area (Å²) in [4.78, 5) is 0. The molecule has 0 radical (unpaired) electrons. The lowest BCUT2D eigenvalue weighted by Crippen LogP contribution is -2.43. The number of hydrogen-bond donors (Lipinski definition) is 2. The van der Waals surface area contributed by atoms with Gasteiger partial charge in [-0.15, -0.1) is 12.4 Å². The van der Waals surface area contributed by atoms with Crippen LogP contribution in [0.1, 0.15) is 25.7 Å². The zero-order valence-electron chi connectivity index (χ0n) is 5.60. The molecule has 56 valence electrons. The molecule has 1 aliphatic carbocycles. The standard InChI is InChI=1S/C6H14N2.ClH/c7-5-6(8)3-1-2-4-6;/h1-5,7-8H2;1H. The van der Waals surface area contributed by atoms with Crippen molar-refractivity contribution in [2.45, 2.75) is 31.2 Å². The molecular weight excluding hydrogens is 136 g/mol. The minimum atomic E-state index is 0. The third-order valence-corrected chi connectivity index (χ3v) is 2.01. The Balaban J connectivity index is 0.000000640. The summed E-state index contributed by atoms with van der Waals surface area (Å²) < 4.78 is 0. The average molecular weight is 151 g/mol. The second-order valence-corrected chi connectivity index (χ2v) is 2.77. The Labute approximate surface area is 62.4 Å². The number of rotatable bonds is 1. The Bertz CT molecular complexity index is 79.1. The molecule has 2 nitrogen and oxygen atoms in total. The predicted octanol–water partition coefficient (Wildman–Crippen LogP) is 0.638. The van der Waals surface area contributed by atoms with Crippen LogP contribution in [0.5, 0.6) is 0 Å². The van der Waals surface area contributed by atoms with Crippen molar-refractivity contribution in [3.8, 4) is 0 Å². The summed E-state index contributed by atoms with van der Waals surface area (Å²) in [5.74, 6) is 0. The highest BCUT2D eigenvalue weighted by molar-refractivity contribution is 5.85. The van der Waals surface area contributed by atoms with E-state index in [0.29, 0.717) is 6.54 Å². The average Bonchev–Trinajstić information content (AvgIpc) is 2.17. The molecule has 0 saturated heterocycles. The molecule has 0 aliphatic heterocycles. The monoisotopic (exact) mass is 150 g/mol. The first-order valence-electron chi connectivity index (χ1n) is 3.26. The summed E-state index contributed by atoms with van der Waals surface area (Å²) in [5, 5.41) is 0. The third-order valence-electron chi connectivity index (χ3n) is 2.01. The molecule has 1 rings (SSSR count). The van der Waals surface area contributed by atoms with Crippen molar-refractivity contribution in [1.29, 1.82) is 0 Å². The van der Waals surface area contributed by atoms with E-state index in [1.54, 1.807) is 0 Å². The summed E-state index contributed by atoms with van der Waals surface area (Å²) >= 11 is 0. The largest absolute Gasteiger partial charge is 0.329 e. The van der Waals surface area contributed by atoms with Crippen molar-refractivity contribution >= 4 is 12.4 Å². The van der Waals surface area contributed by atoms with Crippen LogP contribution < -0.4 is 11.5 Å². The predicted molar refractivity (Wildman–Crippen MR) is 41.7 cm³/mol. The Morgan fingerprint density at radius 2 is 1.67 bits per heavy atom. The van der Waals surface area contributed by atoms with E-state index < -0.39 is 0 Å². The lowest BCUT2D eigenvalue weighted by Gasteiger charge is -2.19. The third kappa shape index (κ3) is 2.12. The molecule has 0 bridgehead atoms. The van der Waals surface area contributed by atoms with Crippen molar-refractivity contribution in [2.75, 3.05) is 6.54 Å². The van der Waals surface area contributed by atoms with E-state index >= 15 is 0 Å². The Morgan fingerprint density at radius 3 is 1.89 bits per heavy atom. The first-order valence-corrected chi connectivity index (χ1v) is 3.26. The quantitative estimate of drug-likeness (QED) is 0.577. The summed E-state index contributed by atoms with van der Waals surface area (Å²) in [7, 11) is 0. The van der Waals surface area contributed by atoms with Crippen molar-refractivity contribution in [2.24, 2.45) is 11.5 Å². The van der Waals surface area contributed by atoms with E-state index in [0.717, 1.165) is 12.8 Å². The van der Waals surface area contributed by atoms with E-state index in [-0.39, 0.29) is 17.9 Å². The van der Waals surface area contributed by atoms with Gasteiger partial charge in [-0.05, 0) is 12.8 Å². The maximum Gasteiger partial charge on any atom is 0.0278 e. The molecule has 0 heterocycles. The van der Waals surface area contributed by atoms with Crippen LogP contribution >= 0.6 is 12.4 Å². The van der Waals surface area contributed by atoms with Crippen LogP contribution in [-0.4, -0.2) is 12.1 Å². The fourth-order valence-corrected chi connectivity index (χ4v) is 1.28. The highest BCUT2D eigenvalue weighted by atomic mass is 35.5. The summed E-state index contributed by atoms with van der Waals surface area (Å²) in [5.41, 5.74) is 11.3. The van der Waals surface area contributed by atoms with E-state index in [2.05, 4.69) is 0 Å². The normalized spacial score (nSPS) is 23.3. The Morgan fingerprint density at radius 1 is 1.22 bits per heavy atom. The van der Waals surface area contributed by atoms with Gasteiger partial charge < -0.3 is 11.5 Å². The number of hydrogen-bond acceptors (Lipinski definition) is 2. The smallest absolute Gasteiger partial charge is 0.0278 e. The van der Waals surface area contributed by atoms with Gasteiger partial charge in [-0.25, -0.2) is 0 Å². The molecule has 0 atom stereocenters. The van der Waals surface area contributed by atoms with Crippen molar-refractivity contribution in [3.63, 3.8) is 0 Å². The lowest BCUT2D eigenvalue weighted by atomic mass is 10.0. The van der Waals surface area contributed by atoms with Crippen LogP contribution in [-0.2, 0) is 0 Å². The molecule has 0 aromatic rings. The molecule has 1 saturated carbocycles. The topological polar surface area (TPSA) is 52.0 Å². The molecule has 9 heavy (non-hydrogen) atoms. The molecule has 0 aromatic carbocycles. The lowest BCUT2D eigenvalue weighted by molar-refractivity contribution is 0.451. The summed E-state index contributed by atoms with van der Waals surface area (Å²) in [6, 6.07) is 0. The van der Waals surface area contributed by atoms with Gasteiger partial charge in [0.2, 0.25) is 0 Å². The fraction of sp³-hybridized carbons (Fsp3) is 1.00. The first kappa shape index (κ1) is 9.21. The molecule has 1 aliphatic rings. The van der Waals surface area contributed by atoms with Crippen LogP contribution in [0.15, 0.2) is 0 Å². The second-order valence-electron chi connectivity index (χ2n) is 2.77. The van der Waals surface area contributed by atoms with Gasteiger partial charge in [0.1, 0.15) is 0 Å². The minimum absolute atomic E-state index is 0. The van der Waals surface area contributed by atoms with Gasteiger partial charge in [-0.3, -0.25) is 0 Å². The van der Waals surface area contributed by atoms with Crippen LogP contribution in [0.2, 0.25) is 0 Å². The molecule has 4 N–H and O–H groups in total. The highest BCUT2D eigenvalue weighted by Crippen LogP contribution is 2.25. The zero-order chi connectivity index (χ0) is 6.04. The Hall–Kier alpha value is 0.210. The van der Waals surface area contributed by atoms with Crippen LogP contribution in [0.4, 0.5) is 0 Å². The van der Waals surface area contributed by atoms with E-state index in [1.165, 1.54) is 12.8 Å². The number of nitrogens with two attached hydrogens (primary N) is 2. The molecule has 0 spiro atoms. The van der Waals surface area contributed by atoms with E-state index in [9.17, 15) is 0 Å². The Kier molecular flexibility index (Phi) is 3.48. The highest BCUT2D eigenvalue weighted by Gasteiger charge is 2.26. The van der Waals surface area contributed by atoms with Crippen LogP contribution in [0.3, 0.4) is 0 Å². The van der Waals surface area contributed by atoms with Crippen molar-refractivity contribution in [3.05, 3.63) is 0 Å². The summed E-state index contributed by atoms with van der Waals surface area (Å²) in [6.45, 7) is 0.660. The van der Waals surface area contributed by atoms with Crippen molar-refractivity contribution in [1.82, 2.24) is 0 Å². The van der Waals surface area contributed by atoms with Gasteiger partial charge in [-0.2, -0.15) is 0 Å². The van der Waals surface area contributed by atoms with Gasteiger partial charge in [0.05, 0.1) is 0 Å². The van der Waals surface area contributed by atoms with Crippen molar-refractivity contribution < 1.29 is 0 Å². The summed E-state index contributed by atoms with van der Waals surface area (Å²) in [6.07, 6.45) is 4.80. The van der Waals surface area contributed by atoms with Gasteiger partial charge in [0.15, 0.2) is 0 Å². The first-order chi connectivity index (χ1) is 3.77. The minimum Gasteiger partial charge on any atom is -0.329 e. The zero-order valence-corrected chi connectivity index (χ0v) is 6.41. The van der Waals surface area contributed by atoms with Gasteiger partial charge in [0, 0.05) is 12.1 Å². The van der Waals surface area contributed by atoms with Gasteiger partial charge in [-0.1, -0.05) is 12.8 Å². The maximum absolute atomic E-state index is 5.83. The van der Waals surface area contributed by atoms with E-state index in [1.807, 2.05) is 0 Å². The van der Waals surface area contributed by atoms with E-state index in [4.69, 9.17) is 11.5 Å². The number of halogens is 1. The SMILES string of the molecule is Cl.NCC1(N)CCCC1. The van der Waals surface area contributed by atoms with Crippen LogP contribution in [0.25, 0.3) is 0 Å². The maximum atomic E-state index is 5.83. The molecule has 1 fully saturated rings. The fourth-order valence-electron chi connectivity index (χ4n) is 1.28.